The number of amides is 1. The quantitative estimate of drug-likeness (QED) is 0.725. The van der Waals surface area contributed by atoms with Gasteiger partial charge in [0.2, 0.25) is 5.91 Å². The van der Waals surface area contributed by atoms with Gasteiger partial charge in [-0.15, -0.1) is 11.8 Å². The molecule has 3 fully saturated rings. The van der Waals surface area contributed by atoms with E-state index < -0.39 is 0 Å². The number of fused-ring (bicyclic) bond motifs is 1. The summed E-state index contributed by atoms with van der Waals surface area (Å²) in [5, 5.41) is 4.29. The standard InChI is InChI=1S/C24H36N4OS/c1-26-15-18(14-25-26)16-27-11-8-20(9-12-27)23-13-21(17-30-23)24(29)28-10-4-6-19-5-2-3-7-22(19)28/h13-15,19-22H,2-12,16-17H2,1H3. The van der Waals surface area contributed by atoms with Gasteiger partial charge in [-0.1, -0.05) is 18.9 Å². The highest BCUT2D eigenvalue weighted by Crippen LogP contribution is 2.42. The number of aryl methyl sites for hydroxylation is 1. The lowest BCUT2D eigenvalue weighted by Crippen LogP contribution is -2.51. The Labute approximate surface area is 185 Å². The van der Waals surface area contributed by atoms with Crippen molar-refractivity contribution >= 4 is 17.7 Å². The van der Waals surface area contributed by atoms with Crippen LogP contribution in [0.1, 0.15) is 56.9 Å². The summed E-state index contributed by atoms with van der Waals surface area (Å²) in [6, 6.07) is 0.540. The van der Waals surface area contributed by atoms with Gasteiger partial charge in [0.15, 0.2) is 0 Å². The lowest BCUT2D eigenvalue weighted by Gasteiger charge is -2.44. The zero-order valence-electron chi connectivity index (χ0n) is 18.3. The van der Waals surface area contributed by atoms with Gasteiger partial charge >= 0.3 is 0 Å². The Bertz CT molecular complexity index is 780. The van der Waals surface area contributed by atoms with Gasteiger partial charge in [0.1, 0.15) is 0 Å². The number of rotatable bonds is 4. The predicted molar refractivity (Wildman–Crippen MR) is 122 cm³/mol. The van der Waals surface area contributed by atoms with Crippen molar-refractivity contribution in [3.63, 3.8) is 0 Å². The smallest absolute Gasteiger partial charge is 0.230 e. The molecule has 0 aromatic carbocycles. The van der Waals surface area contributed by atoms with Gasteiger partial charge in [0, 0.05) is 43.7 Å². The third kappa shape index (κ3) is 4.36. The second-order valence-corrected chi connectivity index (χ2v) is 10.9. The number of hydrogen-bond acceptors (Lipinski definition) is 4. The van der Waals surface area contributed by atoms with E-state index in [1.165, 1.54) is 61.8 Å². The Morgan fingerprint density at radius 3 is 2.70 bits per heavy atom. The predicted octanol–water partition coefficient (Wildman–Crippen LogP) is 4.06. The molecule has 6 heteroatoms. The molecule has 0 N–H and O–H groups in total. The van der Waals surface area contributed by atoms with Crippen molar-refractivity contribution in [1.82, 2.24) is 19.6 Å². The molecule has 0 bridgehead atoms. The van der Waals surface area contributed by atoms with Gasteiger partial charge in [0.25, 0.3) is 0 Å². The first-order valence-electron chi connectivity index (χ1n) is 12.0. The molecule has 4 aliphatic rings. The highest BCUT2D eigenvalue weighted by molar-refractivity contribution is 8.03. The topological polar surface area (TPSA) is 41.4 Å². The molecule has 0 spiro atoms. The Morgan fingerprint density at radius 1 is 1.10 bits per heavy atom. The maximum atomic E-state index is 13.4. The monoisotopic (exact) mass is 428 g/mol. The number of allylic oxidation sites excluding steroid dienone is 1. The summed E-state index contributed by atoms with van der Waals surface area (Å²) in [7, 11) is 1.98. The number of carbonyl (C=O) groups is 1. The van der Waals surface area contributed by atoms with E-state index in [4.69, 9.17) is 0 Å². The summed E-state index contributed by atoms with van der Waals surface area (Å²) in [6.45, 7) is 4.29. The van der Waals surface area contributed by atoms with E-state index in [1.807, 2.05) is 29.7 Å². The van der Waals surface area contributed by atoms with Crippen molar-refractivity contribution in [2.45, 2.75) is 64.0 Å². The van der Waals surface area contributed by atoms with Crippen LogP contribution >= 0.6 is 11.8 Å². The minimum atomic E-state index is 0.124. The maximum Gasteiger partial charge on any atom is 0.230 e. The van der Waals surface area contributed by atoms with Gasteiger partial charge < -0.3 is 4.90 Å². The number of nitrogens with zero attached hydrogens (tertiary/aromatic N) is 4. The van der Waals surface area contributed by atoms with Gasteiger partial charge in [0.05, 0.1) is 12.1 Å². The number of thioether (sulfide) groups is 1. The summed E-state index contributed by atoms with van der Waals surface area (Å²) in [5.74, 6) is 2.96. The molecule has 30 heavy (non-hydrogen) atoms. The van der Waals surface area contributed by atoms with E-state index in [2.05, 4.69) is 27.2 Å². The Kier molecular flexibility index (Phi) is 6.24. The molecule has 3 aliphatic heterocycles. The molecule has 1 aliphatic carbocycles. The Balaban J connectivity index is 1.16. The molecule has 1 saturated carbocycles. The summed E-state index contributed by atoms with van der Waals surface area (Å²) < 4.78 is 1.89. The Morgan fingerprint density at radius 2 is 1.90 bits per heavy atom. The fourth-order valence-corrected chi connectivity index (χ4v) is 7.52. The third-order valence-corrected chi connectivity index (χ3v) is 9.12. The molecule has 2 saturated heterocycles. The number of carbonyl (C=O) groups excluding carboxylic acids is 1. The first kappa shape index (κ1) is 20.6. The maximum absolute atomic E-state index is 13.4. The highest BCUT2D eigenvalue weighted by atomic mass is 32.2. The number of hydrogen-bond donors (Lipinski definition) is 0. The van der Waals surface area contributed by atoms with E-state index in [1.54, 1.807) is 0 Å². The zero-order chi connectivity index (χ0) is 20.5. The molecular formula is C24H36N4OS. The molecule has 164 valence electrons. The Hall–Kier alpha value is -1.27. The van der Waals surface area contributed by atoms with Crippen molar-refractivity contribution in [2.24, 2.45) is 24.8 Å². The SMILES string of the molecule is Cn1cc(CN2CCC(C3=CC(C(=O)N4CCCC5CCCCC54)CS3)CC2)cn1. The van der Waals surface area contributed by atoms with E-state index in [-0.39, 0.29) is 5.92 Å². The van der Waals surface area contributed by atoms with Crippen LogP contribution in [0.5, 0.6) is 0 Å². The van der Waals surface area contributed by atoms with Crippen molar-refractivity contribution in [1.29, 1.82) is 0 Å². The lowest BCUT2D eigenvalue weighted by molar-refractivity contribution is -0.139. The van der Waals surface area contributed by atoms with Crippen LogP contribution in [0.3, 0.4) is 0 Å². The van der Waals surface area contributed by atoms with Crippen LogP contribution in [0.2, 0.25) is 0 Å². The molecule has 5 nitrogen and oxygen atoms in total. The van der Waals surface area contributed by atoms with Gasteiger partial charge in [-0.3, -0.25) is 14.4 Å². The van der Waals surface area contributed by atoms with Crippen LogP contribution < -0.4 is 0 Å². The molecule has 5 rings (SSSR count). The summed E-state index contributed by atoms with van der Waals surface area (Å²) in [6.07, 6.45) is 16.7. The van der Waals surface area contributed by atoms with Crippen LogP contribution in [-0.2, 0) is 18.4 Å². The summed E-state index contributed by atoms with van der Waals surface area (Å²) in [4.78, 5) is 19.7. The van der Waals surface area contributed by atoms with Gasteiger partial charge in [-0.25, -0.2) is 0 Å². The fourth-order valence-electron chi connectivity index (χ4n) is 6.18. The summed E-state index contributed by atoms with van der Waals surface area (Å²) in [5.41, 5.74) is 1.30. The largest absolute Gasteiger partial charge is 0.339 e. The molecule has 0 radical (unpaired) electrons. The number of likely N-dealkylation sites (tertiary alicyclic amines) is 2. The number of piperidine rings is 2. The molecule has 1 aromatic rings. The fraction of sp³-hybridized carbons (Fsp3) is 0.750. The third-order valence-electron chi connectivity index (χ3n) is 7.79. The van der Waals surface area contributed by atoms with Gasteiger partial charge in [-0.2, -0.15) is 5.10 Å². The lowest BCUT2D eigenvalue weighted by atomic mass is 9.78. The summed E-state index contributed by atoms with van der Waals surface area (Å²) >= 11 is 1.97. The van der Waals surface area contributed by atoms with E-state index in [0.717, 1.165) is 37.8 Å². The molecule has 4 heterocycles. The van der Waals surface area contributed by atoms with Crippen LogP contribution in [0.25, 0.3) is 0 Å². The van der Waals surface area contributed by atoms with E-state index >= 15 is 0 Å². The molecular weight excluding hydrogens is 392 g/mol. The normalized spacial score (nSPS) is 30.9. The average molecular weight is 429 g/mol. The van der Waals surface area contributed by atoms with Crippen LogP contribution in [0, 0.1) is 17.8 Å². The van der Waals surface area contributed by atoms with E-state index in [0.29, 0.717) is 17.9 Å². The first-order valence-corrected chi connectivity index (χ1v) is 13.0. The van der Waals surface area contributed by atoms with E-state index in [9.17, 15) is 4.79 Å². The highest BCUT2D eigenvalue weighted by Gasteiger charge is 2.39. The minimum absolute atomic E-state index is 0.124. The second kappa shape index (κ2) is 9.07. The van der Waals surface area contributed by atoms with Crippen molar-refractivity contribution in [3.05, 3.63) is 28.9 Å². The van der Waals surface area contributed by atoms with Crippen LogP contribution in [0.15, 0.2) is 23.4 Å². The van der Waals surface area contributed by atoms with Crippen molar-refractivity contribution < 1.29 is 4.79 Å². The van der Waals surface area contributed by atoms with Crippen molar-refractivity contribution in [3.8, 4) is 0 Å². The molecule has 3 unspecified atom stereocenters. The zero-order valence-corrected chi connectivity index (χ0v) is 19.2. The first-order chi connectivity index (χ1) is 14.7. The van der Waals surface area contributed by atoms with Crippen LogP contribution in [-0.4, -0.2) is 56.9 Å². The molecule has 1 aromatic heterocycles. The molecule has 1 amide bonds. The number of aromatic nitrogens is 2. The van der Waals surface area contributed by atoms with Crippen LogP contribution in [0.4, 0.5) is 0 Å². The second-order valence-electron chi connectivity index (χ2n) is 9.84. The average Bonchev–Trinajstić information content (AvgIpc) is 3.43. The van der Waals surface area contributed by atoms with Crippen molar-refractivity contribution in [2.75, 3.05) is 25.4 Å². The minimum Gasteiger partial charge on any atom is -0.339 e. The van der Waals surface area contributed by atoms with Gasteiger partial charge in [-0.05, 0) is 68.4 Å². The molecule has 3 atom stereocenters.